The average molecular weight is 500 g/mol. The number of carbonyl (C=O) groups is 3. The Hall–Kier alpha value is -2.45. The van der Waals surface area contributed by atoms with Gasteiger partial charge in [0.05, 0.1) is 17.4 Å². The van der Waals surface area contributed by atoms with Gasteiger partial charge in [0.1, 0.15) is 11.6 Å². The van der Waals surface area contributed by atoms with E-state index in [1.165, 1.54) is 0 Å². The molecule has 0 radical (unpaired) electrons. The first kappa shape index (κ1) is 26.6. The molecule has 8 heteroatoms. The minimum atomic E-state index is -1.02. The summed E-state index contributed by atoms with van der Waals surface area (Å²) in [5.41, 5.74) is -0.858. The molecule has 6 atom stereocenters. The van der Waals surface area contributed by atoms with Gasteiger partial charge in [-0.15, -0.1) is 0 Å². The highest BCUT2D eigenvalue weighted by molar-refractivity contribution is 5.99. The van der Waals surface area contributed by atoms with Crippen LogP contribution >= 0.6 is 0 Å². The molecule has 3 amide bonds. The van der Waals surface area contributed by atoms with Gasteiger partial charge in [-0.1, -0.05) is 57.0 Å². The van der Waals surface area contributed by atoms with Crippen molar-refractivity contribution in [2.45, 2.75) is 83.1 Å². The number of hydrogen-bond donors (Lipinski definition) is 3. The van der Waals surface area contributed by atoms with Crippen LogP contribution in [0.15, 0.2) is 30.3 Å². The van der Waals surface area contributed by atoms with Crippen LogP contribution in [0.2, 0.25) is 0 Å². The fourth-order valence-electron chi connectivity index (χ4n) is 6.65. The van der Waals surface area contributed by atoms with Gasteiger partial charge in [0.2, 0.25) is 17.7 Å². The SMILES string of the molecule is CCCCCNC(=O)C1N(CCCCO)C(=O)[C@@H]2[C@H](C(=O)NCc3ccccc3)[C@@]3(C)OC12CC3C. The number of fused-ring (bicyclic) bond motifs is 1. The first-order valence-electron chi connectivity index (χ1n) is 13.5. The van der Waals surface area contributed by atoms with E-state index in [-0.39, 0.29) is 30.2 Å². The van der Waals surface area contributed by atoms with Crippen LogP contribution in [0.4, 0.5) is 0 Å². The van der Waals surface area contributed by atoms with Crippen molar-refractivity contribution < 1.29 is 24.2 Å². The molecule has 4 rings (SSSR count). The van der Waals surface area contributed by atoms with Crippen molar-refractivity contribution in [3.8, 4) is 0 Å². The van der Waals surface area contributed by atoms with Gasteiger partial charge in [-0.3, -0.25) is 14.4 Å². The highest BCUT2D eigenvalue weighted by Gasteiger charge is 2.79. The Morgan fingerprint density at radius 1 is 1.11 bits per heavy atom. The summed E-state index contributed by atoms with van der Waals surface area (Å²) < 4.78 is 6.70. The summed E-state index contributed by atoms with van der Waals surface area (Å²) in [7, 11) is 0. The van der Waals surface area contributed by atoms with Crippen molar-refractivity contribution in [2.75, 3.05) is 19.7 Å². The zero-order valence-corrected chi connectivity index (χ0v) is 21.8. The van der Waals surface area contributed by atoms with Crippen molar-refractivity contribution in [2.24, 2.45) is 17.8 Å². The average Bonchev–Trinajstić information content (AvgIpc) is 3.38. The Morgan fingerprint density at radius 2 is 1.86 bits per heavy atom. The third-order valence-corrected chi connectivity index (χ3v) is 8.54. The van der Waals surface area contributed by atoms with Gasteiger partial charge in [-0.25, -0.2) is 0 Å². The summed E-state index contributed by atoms with van der Waals surface area (Å²) in [5, 5.41) is 15.4. The second-order valence-electron chi connectivity index (χ2n) is 10.9. The van der Waals surface area contributed by atoms with Crippen LogP contribution in [-0.2, 0) is 25.7 Å². The van der Waals surface area contributed by atoms with Gasteiger partial charge < -0.3 is 25.4 Å². The number of benzene rings is 1. The number of hydrogen-bond acceptors (Lipinski definition) is 5. The molecule has 0 aromatic heterocycles. The highest BCUT2D eigenvalue weighted by Crippen LogP contribution is 2.65. The normalized spacial score (nSPS) is 32.6. The second-order valence-corrected chi connectivity index (χ2v) is 10.9. The van der Waals surface area contributed by atoms with Crippen molar-refractivity contribution in [3.63, 3.8) is 0 Å². The van der Waals surface area contributed by atoms with Crippen molar-refractivity contribution in [1.29, 1.82) is 0 Å². The number of rotatable bonds is 12. The lowest BCUT2D eigenvalue weighted by Crippen LogP contribution is -2.56. The molecule has 3 aliphatic rings. The number of aliphatic hydroxyl groups excluding tert-OH is 1. The second kappa shape index (κ2) is 10.9. The van der Waals surface area contributed by atoms with E-state index in [9.17, 15) is 19.5 Å². The standard InChI is InChI=1S/C28H41N3O5/c1-4-5-9-14-29-25(34)23-28-17-19(2)27(3,36-28)21(22(28)26(35)31(23)15-10-11-16-32)24(33)30-18-20-12-7-6-8-13-20/h6-8,12-13,19,21-23,32H,4-5,9-11,14-18H2,1-3H3,(H,29,34)(H,30,33)/t19?,21-,22+,23?,27+,28?/m1/s1. The van der Waals surface area contributed by atoms with Crippen LogP contribution in [0.1, 0.15) is 64.9 Å². The lowest BCUT2D eigenvalue weighted by Gasteiger charge is -2.36. The van der Waals surface area contributed by atoms with Crippen LogP contribution < -0.4 is 10.6 Å². The predicted molar refractivity (Wildman–Crippen MR) is 136 cm³/mol. The lowest BCUT2D eigenvalue weighted by molar-refractivity contribution is -0.147. The fraction of sp³-hybridized carbons (Fsp3) is 0.679. The molecular formula is C28H41N3O5. The van der Waals surface area contributed by atoms with Crippen LogP contribution in [0.5, 0.6) is 0 Å². The quantitative estimate of drug-likeness (QED) is 0.383. The first-order chi connectivity index (χ1) is 17.3. The maximum absolute atomic E-state index is 13.9. The van der Waals surface area contributed by atoms with Crippen LogP contribution in [0.25, 0.3) is 0 Å². The molecule has 3 fully saturated rings. The Morgan fingerprint density at radius 3 is 2.56 bits per heavy atom. The Labute approximate surface area is 214 Å². The van der Waals surface area contributed by atoms with E-state index in [1.807, 2.05) is 37.3 Å². The number of aliphatic hydroxyl groups is 1. The minimum Gasteiger partial charge on any atom is -0.396 e. The zero-order chi connectivity index (χ0) is 25.9. The predicted octanol–water partition coefficient (Wildman–Crippen LogP) is 2.39. The molecule has 1 aromatic rings. The van der Waals surface area contributed by atoms with Crippen LogP contribution in [0.3, 0.4) is 0 Å². The largest absolute Gasteiger partial charge is 0.396 e. The van der Waals surface area contributed by atoms with Crippen molar-refractivity contribution >= 4 is 17.7 Å². The van der Waals surface area contributed by atoms with Gasteiger partial charge in [0, 0.05) is 26.2 Å². The van der Waals surface area contributed by atoms with E-state index in [4.69, 9.17) is 4.74 Å². The summed E-state index contributed by atoms with van der Waals surface area (Å²) in [5.74, 6) is -1.94. The Balaban J connectivity index is 1.61. The molecule has 3 N–H and O–H groups in total. The van der Waals surface area contributed by atoms with Gasteiger partial charge in [0.15, 0.2) is 0 Å². The van der Waals surface area contributed by atoms with Gasteiger partial charge >= 0.3 is 0 Å². The molecule has 0 saturated carbocycles. The van der Waals surface area contributed by atoms with E-state index < -0.39 is 29.1 Å². The molecule has 1 spiro atoms. The molecular weight excluding hydrogens is 458 g/mol. The number of nitrogens with zero attached hydrogens (tertiary/aromatic N) is 1. The Bertz CT molecular complexity index is 956. The monoisotopic (exact) mass is 499 g/mol. The zero-order valence-electron chi connectivity index (χ0n) is 21.8. The third-order valence-electron chi connectivity index (χ3n) is 8.54. The van der Waals surface area contributed by atoms with Crippen molar-refractivity contribution in [3.05, 3.63) is 35.9 Å². The topological polar surface area (TPSA) is 108 Å². The first-order valence-corrected chi connectivity index (χ1v) is 13.5. The number of nitrogens with one attached hydrogen (secondary N) is 2. The fourth-order valence-corrected chi connectivity index (χ4v) is 6.65. The molecule has 8 nitrogen and oxygen atoms in total. The maximum Gasteiger partial charge on any atom is 0.245 e. The van der Waals surface area contributed by atoms with E-state index in [2.05, 4.69) is 24.5 Å². The summed E-state index contributed by atoms with van der Waals surface area (Å²) in [6.07, 6.45) is 4.64. The minimum absolute atomic E-state index is 0.0156. The number of ether oxygens (including phenoxy) is 1. The number of unbranched alkanes of at least 4 members (excludes halogenated alkanes) is 3. The summed E-state index contributed by atoms with van der Waals surface area (Å²) in [6.45, 7) is 7.40. The Kier molecular flexibility index (Phi) is 8.05. The molecule has 1 aromatic carbocycles. The molecule has 3 unspecified atom stereocenters. The van der Waals surface area contributed by atoms with Gasteiger partial charge in [-0.05, 0) is 44.1 Å². The van der Waals surface area contributed by atoms with Crippen LogP contribution in [0, 0.1) is 17.8 Å². The highest BCUT2D eigenvalue weighted by atomic mass is 16.5. The molecule has 3 heterocycles. The number of amides is 3. The van der Waals surface area contributed by atoms with Crippen molar-refractivity contribution in [1.82, 2.24) is 15.5 Å². The molecule has 3 aliphatic heterocycles. The summed E-state index contributed by atoms with van der Waals surface area (Å²) in [4.78, 5) is 42.8. The maximum atomic E-state index is 13.9. The van der Waals surface area contributed by atoms with Gasteiger partial charge in [0.25, 0.3) is 0 Å². The molecule has 198 valence electrons. The summed E-state index contributed by atoms with van der Waals surface area (Å²) in [6, 6.07) is 8.91. The summed E-state index contributed by atoms with van der Waals surface area (Å²) >= 11 is 0. The van der Waals surface area contributed by atoms with E-state index in [0.29, 0.717) is 38.9 Å². The molecule has 0 aliphatic carbocycles. The smallest absolute Gasteiger partial charge is 0.245 e. The molecule has 3 saturated heterocycles. The van der Waals surface area contributed by atoms with Gasteiger partial charge in [-0.2, -0.15) is 0 Å². The van der Waals surface area contributed by atoms with Crippen LogP contribution in [-0.4, -0.2) is 64.7 Å². The number of likely N-dealkylation sites (tertiary alicyclic amines) is 1. The molecule has 36 heavy (non-hydrogen) atoms. The number of carbonyl (C=O) groups excluding carboxylic acids is 3. The lowest BCUT2D eigenvalue weighted by atomic mass is 9.62. The molecule has 2 bridgehead atoms. The van der Waals surface area contributed by atoms with E-state index in [1.54, 1.807) is 4.90 Å². The third kappa shape index (κ3) is 4.54. The van der Waals surface area contributed by atoms with E-state index in [0.717, 1.165) is 24.8 Å². The van der Waals surface area contributed by atoms with E-state index >= 15 is 0 Å².